The second-order valence-corrected chi connectivity index (χ2v) is 5.78. The van der Waals surface area contributed by atoms with Gasteiger partial charge < -0.3 is 10.7 Å². The van der Waals surface area contributed by atoms with Gasteiger partial charge in [0.15, 0.2) is 17.2 Å². The van der Waals surface area contributed by atoms with E-state index in [9.17, 15) is 9.59 Å². The van der Waals surface area contributed by atoms with Gasteiger partial charge in [0.2, 0.25) is 0 Å². The van der Waals surface area contributed by atoms with Crippen LogP contribution in [0.25, 0.3) is 21.9 Å². The minimum absolute atomic E-state index is 0.0277. The number of amides is 1. The summed E-state index contributed by atoms with van der Waals surface area (Å²) in [5.41, 5.74) is 5.75. The maximum absolute atomic E-state index is 12.0. The van der Waals surface area contributed by atoms with Gasteiger partial charge in [-0.15, -0.1) is 11.3 Å². The van der Waals surface area contributed by atoms with Crippen molar-refractivity contribution in [2.75, 3.05) is 0 Å². The number of thiophene rings is 1. The average Bonchev–Trinajstić information content (AvgIpc) is 3.02. The third-order valence-corrected chi connectivity index (χ3v) is 3.93. The molecule has 0 aliphatic carbocycles. The Labute approximate surface area is 123 Å². The van der Waals surface area contributed by atoms with Crippen LogP contribution in [0.1, 0.15) is 30.4 Å². The van der Waals surface area contributed by atoms with Crippen molar-refractivity contribution in [3.8, 4) is 10.7 Å². The highest BCUT2D eigenvalue weighted by molar-refractivity contribution is 7.13. The van der Waals surface area contributed by atoms with Gasteiger partial charge in [0.05, 0.1) is 4.88 Å². The first-order chi connectivity index (χ1) is 9.99. The molecule has 0 fully saturated rings. The van der Waals surface area contributed by atoms with Crippen molar-refractivity contribution in [3.63, 3.8) is 0 Å². The van der Waals surface area contributed by atoms with Gasteiger partial charge in [-0.1, -0.05) is 6.07 Å². The lowest BCUT2D eigenvalue weighted by atomic mass is 10.3. The minimum Gasteiger partial charge on any atom is -0.364 e. The molecule has 0 saturated heterocycles. The number of hydrogen-bond donors (Lipinski definition) is 2. The van der Waals surface area contributed by atoms with Crippen LogP contribution in [-0.2, 0) is 0 Å². The number of hydrogen-bond acceptors (Lipinski definition) is 5. The summed E-state index contributed by atoms with van der Waals surface area (Å²) in [6, 6.07) is 3.61. The second-order valence-electron chi connectivity index (χ2n) is 4.83. The Kier molecular flexibility index (Phi) is 3.09. The summed E-state index contributed by atoms with van der Waals surface area (Å²) in [7, 11) is 0. The summed E-state index contributed by atoms with van der Waals surface area (Å²) in [5.74, 6) is -0.308. The number of aromatic nitrogens is 4. The van der Waals surface area contributed by atoms with Crippen LogP contribution in [0.5, 0.6) is 0 Å². The molecule has 0 bridgehead atoms. The lowest BCUT2D eigenvalue weighted by molar-refractivity contribution is 0.0997. The molecule has 108 valence electrons. The number of nitrogens with one attached hydrogen (secondary N) is 1. The van der Waals surface area contributed by atoms with Crippen molar-refractivity contribution in [2.45, 2.75) is 19.9 Å². The Hall–Kier alpha value is -2.48. The molecule has 3 rings (SSSR count). The quantitative estimate of drug-likeness (QED) is 0.765. The van der Waals surface area contributed by atoms with E-state index in [-0.39, 0.29) is 22.9 Å². The summed E-state index contributed by atoms with van der Waals surface area (Å²) in [4.78, 5) is 35.7. The number of carbonyl (C=O) groups excluding carboxylic acids is 1. The Bertz CT molecular complexity index is 876. The zero-order valence-electron chi connectivity index (χ0n) is 11.5. The fourth-order valence-corrected chi connectivity index (χ4v) is 2.83. The lowest BCUT2D eigenvalue weighted by Crippen LogP contribution is -2.18. The van der Waals surface area contributed by atoms with Crippen LogP contribution in [0.4, 0.5) is 0 Å². The van der Waals surface area contributed by atoms with Crippen molar-refractivity contribution in [3.05, 3.63) is 33.7 Å². The van der Waals surface area contributed by atoms with Crippen LogP contribution in [-0.4, -0.2) is 25.4 Å². The van der Waals surface area contributed by atoms with Gasteiger partial charge in [-0.2, -0.15) is 0 Å². The molecule has 0 unspecified atom stereocenters. The van der Waals surface area contributed by atoms with Gasteiger partial charge in [0.25, 0.3) is 5.91 Å². The largest absolute Gasteiger partial charge is 0.364 e. The molecule has 7 nitrogen and oxygen atoms in total. The molecule has 0 radical (unpaired) electrons. The van der Waals surface area contributed by atoms with Crippen molar-refractivity contribution in [1.29, 1.82) is 0 Å². The topological polar surface area (TPSA) is 107 Å². The number of carbonyl (C=O) groups is 1. The van der Waals surface area contributed by atoms with E-state index in [1.54, 1.807) is 0 Å². The van der Waals surface area contributed by atoms with Crippen LogP contribution in [0.3, 0.4) is 0 Å². The van der Waals surface area contributed by atoms with E-state index in [0.29, 0.717) is 11.5 Å². The van der Waals surface area contributed by atoms with Gasteiger partial charge in [-0.3, -0.25) is 9.36 Å². The van der Waals surface area contributed by atoms with Crippen molar-refractivity contribution in [1.82, 2.24) is 19.5 Å². The first-order valence-electron chi connectivity index (χ1n) is 6.35. The highest BCUT2D eigenvalue weighted by Crippen LogP contribution is 2.24. The van der Waals surface area contributed by atoms with E-state index >= 15 is 0 Å². The summed E-state index contributed by atoms with van der Waals surface area (Å²) >= 11 is 1.45. The van der Waals surface area contributed by atoms with Crippen molar-refractivity contribution >= 4 is 28.4 Å². The molecule has 0 aliphatic heterocycles. The molecule has 3 aromatic rings. The molecule has 0 spiro atoms. The summed E-state index contributed by atoms with van der Waals surface area (Å²) in [5, 5.41) is 1.89. The summed E-state index contributed by atoms with van der Waals surface area (Å²) in [6.07, 6.45) is 0. The van der Waals surface area contributed by atoms with E-state index in [1.807, 2.05) is 31.4 Å². The normalized spacial score (nSPS) is 11.4. The molecular weight excluding hydrogens is 290 g/mol. The molecule has 3 N–H and O–H groups in total. The van der Waals surface area contributed by atoms with Crippen LogP contribution in [0.2, 0.25) is 0 Å². The SMILES string of the molecule is CC(C)n1c(=O)[nH]c2c(C(N)=O)nc(-c3cccs3)nc21. The molecule has 0 atom stereocenters. The fourth-order valence-electron chi connectivity index (χ4n) is 2.18. The zero-order chi connectivity index (χ0) is 15.1. The standard InChI is InChI=1S/C13H13N5O2S/c1-6(2)18-12-9(16-13(18)20)8(10(14)19)15-11(17-12)7-4-3-5-21-7/h3-6H,1-2H3,(H2,14,19)(H,16,20). The zero-order valence-corrected chi connectivity index (χ0v) is 12.3. The van der Waals surface area contributed by atoms with Gasteiger partial charge >= 0.3 is 5.69 Å². The number of nitrogens with two attached hydrogens (primary N) is 1. The predicted octanol–water partition coefficient (Wildman–Crippen LogP) is 1.53. The molecule has 3 aromatic heterocycles. The maximum Gasteiger partial charge on any atom is 0.327 e. The first kappa shape index (κ1) is 13.5. The van der Waals surface area contributed by atoms with E-state index in [4.69, 9.17) is 5.73 Å². The first-order valence-corrected chi connectivity index (χ1v) is 7.23. The number of aromatic amines is 1. The Balaban J connectivity index is 2.41. The van der Waals surface area contributed by atoms with Crippen LogP contribution in [0, 0.1) is 0 Å². The average molecular weight is 303 g/mol. The molecule has 3 heterocycles. The molecule has 0 aromatic carbocycles. The van der Waals surface area contributed by atoms with Crippen molar-refractivity contribution < 1.29 is 4.79 Å². The highest BCUT2D eigenvalue weighted by atomic mass is 32.1. The fraction of sp³-hybridized carbons (Fsp3) is 0.231. The number of H-pyrrole nitrogens is 1. The van der Waals surface area contributed by atoms with Gasteiger partial charge in [0, 0.05) is 6.04 Å². The van der Waals surface area contributed by atoms with Crippen LogP contribution in [0.15, 0.2) is 22.3 Å². The van der Waals surface area contributed by atoms with E-state index < -0.39 is 5.91 Å². The van der Waals surface area contributed by atoms with Crippen molar-refractivity contribution in [2.24, 2.45) is 5.73 Å². The van der Waals surface area contributed by atoms with Crippen LogP contribution < -0.4 is 11.4 Å². The maximum atomic E-state index is 12.0. The van der Waals surface area contributed by atoms with Crippen LogP contribution >= 0.6 is 11.3 Å². The van der Waals surface area contributed by atoms with Gasteiger partial charge in [0.1, 0.15) is 5.52 Å². The molecule has 0 saturated carbocycles. The molecular formula is C13H13N5O2S. The summed E-state index contributed by atoms with van der Waals surface area (Å²) in [6.45, 7) is 3.73. The smallest absolute Gasteiger partial charge is 0.327 e. The number of primary amides is 1. The number of fused-ring (bicyclic) bond motifs is 1. The second kappa shape index (κ2) is 4.81. The Morgan fingerprint density at radius 1 is 1.43 bits per heavy atom. The molecule has 1 amide bonds. The number of rotatable bonds is 3. The Morgan fingerprint density at radius 2 is 2.19 bits per heavy atom. The summed E-state index contributed by atoms with van der Waals surface area (Å²) < 4.78 is 1.49. The van der Waals surface area contributed by atoms with E-state index in [2.05, 4.69) is 15.0 Å². The van der Waals surface area contributed by atoms with E-state index in [1.165, 1.54) is 15.9 Å². The van der Waals surface area contributed by atoms with Gasteiger partial charge in [-0.05, 0) is 25.3 Å². The third-order valence-electron chi connectivity index (χ3n) is 3.06. The lowest BCUT2D eigenvalue weighted by Gasteiger charge is -2.07. The number of nitrogens with zero attached hydrogens (tertiary/aromatic N) is 3. The van der Waals surface area contributed by atoms with E-state index in [0.717, 1.165) is 4.88 Å². The third kappa shape index (κ3) is 2.13. The molecule has 8 heteroatoms. The Morgan fingerprint density at radius 3 is 2.76 bits per heavy atom. The highest BCUT2D eigenvalue weighted by Gasteiger charge is 2.20. The van der Waals surface area contributed by atoms with Gasteiger partial charge in [-0.25, -0.2) is 14.8 Å². The monoisotopic (exact) mass is 303 g/mol. The predicted molar refractivity (Wildman–Crippen MR) is 80.4 cm³/mol. The minimum atomic E-state index is -0.697. The molecule has 21 heavy (non-hydrogen) atoms. The number of imidazole rings is 1. The molecule has 0 aliphatic rings.